The van der Waals surface area contributed by atoms with Crippen molar-refractivity contribution in [3.63, 3.8) is 0 Å². The Morgan fingerprint density at radius 2 is 2.14 bits per heavy atom. The number of carbonyl (C=O) groups excluding carboxylic acids is 1. The van der Waals surface area contributed by atoms with E-state index in [2.05, 4.69) is 20.9 Å². The molecule has 0 bridgehead atoms. The number of fused-ring (bicyclic) bond motifs is 1. The predicted octanol–water partition coefficient (Wildman–Crippen LogP) is 2.28. The van der Waals surface area contributed by atoms with Crippen LogP contribution in [0.15, 0.2) is 24.3 Å². The molecule has 2 aromatic rings. The molecule has 22 heavy (non-hydrogen) atoms. The maximum atomic E-state index is 12.1. The number of aryl methyl sites for hydroxylation is 2. The summed E-state index contributed by atoms with van der Waals surface area (Å²) in [4.78, 5) is 16.6. The number of aromatic nitrogens is 2. The van der Waals surface area contributed by atoms with Gasteiger partial charge in [-0.05, 0) is 38.3 Å². The average molecular weight is 301 g/mol. The van der Waals surface area contributed by atoms with E-state index in [9.17, 15) is 4.79 Å². The molecule has 1 aromatic carbocycles. The number of hydrogen-bond acceptors (Lipinski definition) is 3. The second-order valence-corrected chi connectivity index (χ2v) is 5.83. The number of rotatable bonds is 5. The molecule has 118 valence electrons. The molecule has 2 heterocycles. The van der Waals surface area contributed by atoms with Gasteiger partial charge in [0, 0.05) is 32.2 Å². The lowest BCUT2D eigenvalue weighted by molar-refractivity contribution is -0.127. The summed E-state index contributed by atoms with van der Waals surface area (Å²) in [6.45, 7) is 5.03. The number of amides is 1. The summed E-state index contributed by atoms with van der Waals surface area (Å²) in [6.07, 6.45) is 2.60. The molecule has 1 fully saturated rings. The van der Waals surface area contributed by atoms with Crippen LogP contribution in [-0.4, -0.2) is 35.2 Å². The lowest BCUT2D eigenvalue weighted by atomic mass is 9.99. The second kappa shape index (κ2) is 6.92. The number of benzene rings is 1. The summed E-state index contributed by atoms with van der Waals surface area (Å²) in [5.74, 6) is 1.33. The van der Waals surface area contributed by atoms with E-state index < -0.39 is 0 Å². The standard InChI is InChI=1S/C17H23N3O2/c1-13-19-15-5-2-3-6-16(15)20(13)10-4-9-18-17(21)14-7-11-22-12-8-14/h2-3,5-6,14H,4,7-12H2,1H3,(H,18,21). The summed E-state index contributed by atoms with van der Waals surface area (Å²) in [5.41, 5.74) is 2.20. The normalized spacial score (nSPS) is 16.0. The first kappa shape index (κ1) is 15.0. The van der Waals surface area contributed by atoms with Crippen LogP contribution in [0.1, 0.15) is 25.1 Å². The molecule has 3 rings (SSSR count). The molecule has 0 saturated carbocycles. The molecule has 0 aliphatic carbocycles. The molecule has 1 N–H and O–H groups in total. The lowest BCUT2D eigenvalue weighted by Crippen LogP contribution is -2.35. The highest BCUT2D eigenvalue weighted by atomic mass is 16.5. The number of nitrogens with zero attached hydrogens (tertiary/aromatic N) is 2. The van der Waals surface area contributed by atoms with Gasteiger partial charge in [0.05, 0.1) is 11.0 Å². The van der Waals surface area contributed by atoms with Gasteiger partial charge in [0.15, 0.2) is 0 Å². The van der Waals surface area contributed by atoms with Crippen molar-refractivity contribution in [1.29, 1.82) is 0 Å². The Hall–Kier alpha value is -1.88. The maximum Gasteiger partial charge on any atom is 0.223 e. The number of nitrogens with one attached hydrogen (secondary N) is 1. The average Bonchev–Trinajstić information content (AvgIpc) is 2.88. The van der Waals surface area contributed by atoms with Crippen LogP contribution in [0.3, 0.4) is 0 Å². The third kappa shape index (κ3) is 3.30. The summed E-state index contributed by atoms with van der Waals surface area (Å²) in [6, 6.07) is 8.17. The van der Waals surface area contributed by atoms with Crippen LogP contribution >= 0.6 is 0 Å². The van der Waals surface area contributed by atoms with Gasteiger partial charge in [0.25, 0.3) is 0 Å². The van der Waals surface area contributed by atoms with Gasteiger partial charge >= 0.3 is 0 Å². The third-order valence-electron chi connectivity index (χ3n) is 4.30. The highest BCUT2D eigenvalue weighted by Crippen LogP contribution is 2.16. The molecule has 0 radical (unpaired) electrons. The van der Waals surface area contributed by atoms with Crippen molar-refractivity contribution >= 4 is 16.9 Å². The molecule has 5 heteroatoms. The minimum absolute atomic E-state index is 0.129. The number of carbonyl (C=O) groups is 1. The summed E-state index contributed by atoms with van der Waals surface area (Å²) in [5, 5.41) is 3.05. The van der Waals surface area contributed by atoms with Gasteiger partial charge in [-0.1, -0.05) is 12.1 Å². The molecule has 5 nitrogen and oxygen atoms in total. The fourth-order valence-corrected chi connectivity index (χ4v) is 3.03. The number of ether oxygens (including phenoxy) is 1. The topological polar surface area (TPSA) is 56.2 Å². The van der Waals surface area contributed by atoms with Crippen LogP contribution in [0.4, 0.5) is 0 Å². The van der Waals surface area contributed by atoms with Gasteiger partial charge in [0.1, 0.15) is 5.82 Å². The first-order valence-electron chi connectivity index (χ1n) is 8.03. The van der Waals surface area contributed by atoms with Crippen LogP contribution in [0.2, 0.25) is 0 Å². The molecule has 1 saturated heterocycles. The quantitative estimate of drug-likeness (QED) is 0.862. The van der Waals surface area contributed by atoms with Gasteiger partial charge in [-0.3, -0.25) is 4.79 Å². The molecule has 1 aromatic heterocycles. The molecule has 1 aliphatic heterocycles. The van der Waals surface area contributed by atoms with E-state index in [0.29, 0.717) is 19.8 Å². The highest BCUT2D eigenvalue weighted by molar-refractivity contribution is 5.78. The van der Waals surface area contributed by atoms with Gasteiger partial charge in [-0.2, -0.15) is 0 Å². The maximum absolute atomic E-state index is 12.1. The molecular weight excluding hydrogens is 278 g/mol. The fourth-order valence-electron chi connectivity index (χ4n) is 3.03. The first-order valence-corrected chi connectivity index (χ1v) is 8.03. The molecule has 0 spiro atoms. The minimum atomic E-state index is 0.129. The van der Waals surface area contributed by atoms with Crippen LogP contribution < -0.4 is 5.32 Å². The minimum Gasteiger partial charge on any atom is -0.381 e. The number of para-hydroxylation sites is 2. The first-order chi connectivity index (χ1) is 10.8. The van der Waals surface area contributed by atoms with Crippen LogP contribution in [0.25, 0.3) is 11.0 Å². The summed E-state index contributed by atoms with van der Waals surface area (Å²) >= 11 is 0. The van der Waals surface area contributed by atoms with Crippen LogP contribution in [-0.2, 0) is 16.1 Å². The fraction of sp³-hybridized carbons (Fsp3) is 0.529. The third-order valence-corrected chi connectivity index (χ3v) is 4.30. The SMILES string of the molecule is Cc1nc2ccccc2n1CCCNC(=O)C1CCOCC1. The lowest BCUT2D eigenvalue weighted by Gasteiger charge is -2.21. The largest absolute Gasteiger partial charge is 0.381 e. The van der Waals surface area contributed by atoms with Crippen molar-refractivity contribution < 1.29 is 9.53 Å². The molecular formula is C17H23N3O2. The van der Waals surface area contributed by atoms with Crippen molar-refractivity contribution in [3.05, 3.63) is 30.1 Å². The van der Waals surface area contributed by atoms with Crippen molar-refractivity contribution in [2.24, 2.45) is 5.92 Å². The zero-order chi connectivity index (χ0) is 15.4. The Labute approximate surface area is 130 Å². The van der Waals surface area contributed by atoms with Crippen molar-refractivity contribution in [1.82, 2.24) is 14.9 Å². The monoisotopic (exact) mass is 301 g/mol. The highest BCUT2D eigenvalue weighted by Gasteiger charge is 2.20. The Morgan fingerprint density at radius 1 is 1.36 bits per heavy atom. The molecule has 1 aliphatic rings. The Balaban J connectivity index is 1.50. The second-order valence-electron chi connectivity index (χ2n) is 5.83. The number of imidazole rings is 1. The number of hydrogen-bond donors (Lipinski definition) is 1. The van der Waals surface area contributed by atoms with E-state index in [0.717, 1.165) is 42.7 Å². The summed E-state index contributed by atoms with van der Waals surface area (Å²) < 4.78 is 7.51. The Bertz CT molecular complexity index is 644. The zero-order valence-electron chi connectivity index (χ0n) is 13.0. The summed E-state index contributed by atoms with van der Waals surface area (Å²) in [7, 11) is 0. The van der Waals surface area contributed by atoms with Gasteiger partial charge < -0.3 is 14.6 Å². The van der Waals surface area contributed by atoms with E-state index in [1.165, 1.54) is 0 Å². The molecule has 0 unspecified atom stereocenters. The Morgan fingerprint density at radius 3 is 2.95 bits per heavy atom. The van der Waals surface area contributed by atoms with E-state index in [-0.39, 0.29) is 11.8 Å². The van der Waals surface area contributed by atoms with E-state index >= 15 is 0 Å². The van der Waals surface area contributed by atoms with E-state index in [1.807, 2.05) is 25.1 Å². The van der Waals surface area contributed by atoms with Crippen LogP contribution in [0.5, 0.6) is 0 Å². The smallest absolute Gasteiger partial charge is 0.223 e. The Kier molecular flexibility index (Phi) is 4.73. The zero-order valence-corrected chi connectivity index (χ0v) is 13.0. The molecule has 0 atom stereocenters. The molecule has 1 amide bonds. The van der Waals surface area contributed by atoms with Gasteiger partial charge in [-0.25, -0.2) is 4.98 Å². The van der Waals surface area contributed by atoms with E-state index in [1.54, 1.807) is 0 Å². The van der Waals surface area contributed by atoms with E-state index in [4.69, 9.17) is 4.74 Å². The van der Waals surface area contributed by atoms with Crippen molar-refractivity contribution in [2.75, 3.05) is 19.8 Å². The van der Waals surface area contributed by atoms with Crippen molar-refractivity contribution in [2.45, 2.75) is 32.7 Å². The van der Waals surface area contributed by atoms with Gasteiger partial charge in [-0.15, -0.1) is 0 Å². The van der Waals surface area contributed by atoms with Gasteiger partial charge in [0.2, 0.25) is 5.91 Å². The predicted molar refractivity (Wildman–Crippen MR) is 85.6 cm³/mol. The van der Waals surface area contributed by atoms with Crippen LogP contribution in [0, 0.1) is 12.8 Å². The van der Waals surface area contributed by atoms with Crippen molar-refractivity contribution in [3.8, 4) is 0 Å².